The van der Waals surface area contributed by atoms with Gasteiger partial charge in [-0.1, -0.05) is 17.7 Å². The molecule has 0 aliphatic carbocycles. The van der Waals surface area contributed by atoms with Crippen LogP contribution in [0, 0.1) is 28.4 Å². The Bertz CT molecular complexity index is 2110. The van der Waals surface area contributed by atoms with Crippen molar-refractivity contribution < 1.29 is 22.7 Å². The molecule has 1 amide bonds. The Kier molecular flexibility index (Phi) is 7.02. The third-order valence-corrected chi connectivity index (χ3v) is 12.4. The van der Waals surface area contributed by atoms with Gasteiger partial charge in [-0.15, -0.1) is 11.3 Å². The molecule has 49 heavy (non-hydrogen) atoms. The van der Waals surface area contributed by atoms with E-state index in [0.717, 1.165) is 37.1 Å². The summed E-state index contributed by atoms with van der Waals surface area (Å²) in [7, 11) is 0. The second-order valence-corrected chi connectivity index (χ2v) is 15.7. The van der Waals surface area contributed by atoms with Crippen molar-refractivity contribution in [3.8, 4) is 23.2 Å². The zero-order valence-electron chi connectivity index (χ0n) is 26.4. The molecule has 10 nitrogen and oxygen atoms in total. The lowest BCUT2D eigenvalue weighted by molar-refractivity contribution is -0.141. The minimum absolute atomic E-state index is 0.0360. The van der Waals surface area contributed by atoms with Gasteiger partial charge in [0.2, 0.25) is 5.91 Å². The molecule has 4 aromatic rings. The number of carbonyl (C=O) groups is 1. The van der Waals surface area contributed by atoms with Gasteiger partial charge >= 0.3 is 6.01 Å². The van der Waals surface area contributed by atoms with Gasteiger partial charge in [0, 0.05) is 67.4 Å². The molecule has 1 spiro atoms. The van der Waals surface area contributed by atoms with E-state index in [1.54, 1.807) is 6.07 Å². The first-order chi connectivity index (χ1) is 23.6. The van der Waals surface area contributed by atoms with Crippen molar-refractivity contribution in [2.75, 3.05) is 63.1 Å². The van der Waals surface area contributed by atoms with Gasteiger partial charge in [-0.2, -0.15) is 15.2 Å². The number of halogens is 4. The van der Waals surface area contributed by atoms with E-state index in [1.807, 2.05) is 11.0 Å². The van der Waals surface area contributed by atoms with Crippen LogP contribution in [-0.4, -0.2) is 95.8 Å². The van der Waals surface area contributed by atoms with E-state index in [4.69, 9.17) is 27.1 Å². The van der Waals surface area contributed by atoms with Gasteiger partial charge < -0.3 is 25.6 Å². The topological polar surface area (TPSA) is 134 Å². The number of ether oxygens (including phenoxy) is 1. The summed E-state index contributed by atoms with van der Waals surface area (Å²) in [6.45, 7) is 4.52. The average molecular weight is 709 g/mol. The number of benzene rings is 2. The third kappa shape index (κ3) is 4.84. The lowest BCUT2D eigenvalue weighted by Crippen LogP contribution is -2.60. The van der Waals surface area contributed by atoms with Crippen molar-refractivity contribution in [3.05, 3.63) is 40.4 Å². The minimum Gasteiger partial charge on any atom is -0.461 e. The summed E-state index contributed by atoms with van der Waals surface area (Å²) >= 11 is 7.79. The fourth-order valence-electron chi connectivity index (χ4n) is 8.62. The second kappa shape index (κ2) is 11.1. The number of nitrogen functional groups attached to an aromatic ring is 1. The molecule has 5 aliphatic heterocycles. The molecule has 9 rings (SSSR count). The SMILES string of the molecule is N#Cc1c(N)sc2c(F)ccc(-c3c(Cl)cc4c(N5CCC6(CN(C(=O)[C@H]7CN7)C6)C5)nc(OC[C@@]56CCCN5C[C@H](F)C6)nc4c3F)c12. The molecule has 15 heteroatoms. The molecule has 254 valence electrons. The van der Waals surface area contributed by atoms with Crippen LogP contribution in [0.2, 0.25) is 5.02 Å². The minimum atomic E-state index is -0.943. The van der Waals surface area contributed by atoms with Gasteiger partial charge in [-0.25, -0.2) is 13.2 Å². The van der Waals surface area contributed by atoms with Gasteiger partial charge in [0.05, 0.1) is 26.9 Å². The van der Waals surface area contributed by atoms with Crippen molar-refractivity contribution in [1.29, 1.82) is 5.26 Å². The maximum Gasteiger partial charge on any atom is 0.319 e. The van der Waals surface area contributed by atoms with E-state index in [9.17, 15) is 18.8 Å². The number of thiophene rings is 1. The zero-order valence-corrected chi connectivity index (χ0v) is 27.9. The molecule has 3 N–H and O–H groups in total. The van der Waals surface area contributed by atoms with Crippen LogP contribution < -0.4 is 20.7 Å². The number of anilines is 2. The van der Waals surface area contributed by atoms with E-state index in [0.29, 0.717) is 56.9 Å². The fraction of sp³-hybridized carbons (Fsp3) is 0.471. The molecular weight excluding hydrogens is 677 g/mol. The van der Waals surface area contributed by atoms with Crippen molar-refractivity contribution in [2.24, 2.45) is 5.41 Å². The third-order valence-electron chi connectivity index (χ3n) is 11.1. The van der Waals surface area contributed by atoms with Crippen LogP contribution in [0.25, 0.3) is 32.1 Å². The lowest BCUT2D eigenvalue weighted by Gasteiger charge is -2.48. The molecule has 0 radical (unpaired) electrons. The molecule has 0 bridgehead atoms. The molecule has 0 saturated carbocycles. The van der Waals surface area contributed by atoms with Crippen molar-refractivity contribution in [3.63, 3.8) is 0 Å². The number of fused-ring (bicyclic) bond motifs is 3. The monoisotopic (exact) mass is 708 g/mol. The molecule has 7 heterocycles. The number of alkyl halides is 1. The molecule has 5 fully saturated rings. The summed E-state index contributed by atoms with van der Waals surface area (Å²) in [5, 5.41) is 13.7. The molecule has 0 unspecified atom stereocenters. The van der Waals surface area contributed by atoms with Crippen LogP contribution in [0.4, 0.5) is 24.0 Å². The van der Waals surface area contributed by atoms with E-state index in [1.165, 1.54) is 12.1 Å². The Balaban J connectivity index is 1.14. The van der Waals surface area contributed by atoms with Crippen LogP contribution >= 0.6 is 22.9 Å². The number of aromatic nitrogens is 2. The number of rotatable bonds is 6. The van der Waals surface area contributed by atoms with E-state index >= 15 is 4.39 Å². The van der Waals surface area contributed by atoms with E-state index < -0.39 is 23.3 Å². The van der Waals surface area contributed by atoms with Crippen molar-refractivity contribution in [1.82, 2.24) is 25.1 Å². The number of nitrogens with zero attached hydrogens (tertiary/aromatic N) is 6. The zero-order chi connectivity index (χ0) is 33.8. The molecule has 5 saturated heterocycles. The van der Waals surface area contributed by atoms with Gasteiger partial charge in [-0.05, 0) is 43.5 Å². The number of carbonyl (C=O) groups excluding carboxylic acids is 1. The molecular formula is C34H32ClF3N8O2S. The number of hydrogen-bond donors (Lipinski definition) is 2. The maximum absolute atomic E-state index is 17.0. The van der Waals surface area contributed by atoms with Crippen LogP contribution in [0.5, 0.6) is 6.01 Å². The molecule has 5 aliphatic rings. The fourth-order valence-corrected chi connectivity index (χ4v) is 9.86. The number of nitriles is 1. The number of hydrogen-bond acceptors (Lipinski definition) is 10. The number of amides is 1. The van der Waals surface area contributed by atoms with Crippen LogP contribution in [0.1, 0.15) is 31.2 Å². The van der Waals surface area contributed by atoms with Crippen LogP contribution in [-0.2, 0) is 4.79 Å². The molecule has 2 aromatic heterocycles. The average Bonchev–Trinajstić information content (AvgIpc) is 3.38. The summed E-state index contributed by atoms with van der Waals surface area (Å²) in [5.74, 6) is -0.771. The first-order valence-electron chi connectivity index (χ1n) is 16.5. The van der Waals surface area contributed by atoms with Crippen LogP contribution in [0.15, 0.2) is 18.2 Å². The predicted molar refractivity (Wildman–Crippen MR) is 181 cm³/mol. The van der Waals surface area contributed by atoms with Crippen molar-refractivity contribution >= 4 is 60.7 Å². The Labute approximate surface area is 288 Å². The first kappa shape index (κ1) is 31.1. The highest BCUT2D eigenvalue weighted by Crippen LogP contribution is 2.48. The Morgan fingerprint density at radius 2 is 2.04 bits per heavy atom. The summed E-state index contributed by atoms with van der Waals surface area (Å²) < 4.78 is 52.9. The Morgan fingerprint density at radius 1 is 1.22 bits per heavy atom. The van der Waals surface area contributed by atoms with E-state index in [-0.39, 0.29) is 72.3 Å². The lowest BCUT2D eigenvalue weighted by atomic mass is 9.79. The summed E-state index contributed by atoms with van der Waals surface area (Å²) in [6.07, 6.45) is 1.96. The molecule has 3 atom stereocenters. The van der Waals surface area contributed by atoms with Crippen LogP contribution in [0.3, 0.4) is 0 Å². The number of likely N-dealkylation sites (tertiary alicyclic amines) is 1. The quantitative estimate of drug-likeness (QED) is 0.270. The normalized spacial score (nSPS) is 25.7. The Hall–Kier alpha value is -3.90. The van der Waals surface area contributed by atoms with E-state index in [2.05, 4.69) is 20.1 Å². The number of nitrogens with two attached hydrogens (primary N) is 1. The summed E-state index contributed by atoms with van der Waals surface area (Å²) in [4.78, 5) is 28.1. The Morgan fingerprint density at radius 3 is 2.82 bits per heavy atom. The summed E-state index contributed by atoms with van der Waals surface area (Å²) in [5.41, 5.74) is 5.68. The molecule has 2 aromatic carbocycles. The number of nitrogens with one attached hydrogen (secondary N) is 1. The van der Waals surface area contributed by atoms with Gasteiger partial charge in [0.15, 0.2) is 5.82 Å². The predicted octanol–water partition coefficient (Wildman–Crippen LogP) is 4.86. The highest BCUT2D eigenvalue weighted by Gasteiger charge is 2.52. The highest BCUT2D eigenvalue weighted by atomic mass is 35.5. The smallest absolute Gasteiger partial charge is 0.319 e. The van der Waals surface area contributed by atoms with Gasteiger partial charge in [0.25, 0.3) is 0 Å². The van der Waals surface area contributed by atoms with Crippen molar-refractivity contribution in [2.45, 2.75) is 43.4 Å². The van der Waals surface area contributed by atoms with Gasteiger partial charge in [0.1, 0.15) is 41.0 Å². The first-order valence-corrected chi connectivity index (χ1v) is 17.7. The highest BCUT2D eigenvalue weighted by molar-refractivity contribution is 7.23. The standard InChI is InChI=1S/C34H32ClF3N8O2S/c35-21-8-19-27(26(38)25(21)18-2-3-22(37)28-24(18)20(10-39)29(40)49-28)42-32(48-16-34-4-1-6-46(34)12-17(36)9-34)43-30(19)44-7-5-33(13-44)14-45(15-33)31(47)23-11-41-23/h2-3,8,17,23,41H,1,4-7,9,11-16,40H2/t17-,23-,34+/m1/s1. The largest absolute Gasteiger partial charge is 0.461 e. The summed E-state index contributed by atoms with van der Waals surface area (Å²) in [6, 6.07) is 6.12. The maximum atomic E-state index is 17.0. The second-order valence-electron chi connectivity index (χ2n) is 14.2. The van der Waals surface area contributed by atoms with Gasteiger partial charge in [-0.3, -0.25) is 9.69 Å².